The largest absolute Gasteiger partial charge is 0.490 e. The van der Waals surface area contributed by atoms with Crippen molar-refractivity contribution in [2.24, 2.45) is 7.05 Å². The zero-order chi connectivity index (χ0) is 17.3. The fraction of sp³-hybridized carbons (Fsp3) is 0.188. The molecule has 0 N–H and O–H groups in total. The fourth-order valence-corrected chi connectivity index (χ4v) is 3.29. The molecule has 3 aromatic rings. The number of esters is 1. The normalized spacial score (nSPS) is 10.8. The molecule has 2 aromatic heterocycles. The number of nitrogens with zero attached hydrogens (tertiary/aromatic N) is 2. The second-order valence-corrected chi connectivity index (χ2v) is 6.05. The molecule has 0 spiro atoms. The van der Waals surface area contributed by atoms with Crippen LogP contribution in [0.4, 0.5) is 5.69 Å². The van der Waals surface area contributed by atoms with Gasteiger partial charge < -0.3 is 14.0 Å². The highest BCUT2D eigenvalue weighted by Crippen LogP contribution is 2.28. The van der Waals surface area contributed by atoms with E-state index >= 15 is 0 Å². The lowest BCUT2D eigenvalue weighted by Gasteiger charge is -2.07. The highest BCUT2D eigenvalue weighted by atomic mass is 32.1. The average molecular weight is 346 g/mol. The molecular formula is C16H14N2O5S. The molecule has 124 valence electrons. The van der Waals surface area contributed by atoms with Crippen LogP contribution in [0.2, 0.25) is 0 Å². The molecule has 1 aromatic carbocycles. The van der Waals surface area contributed by atoms with E-state index in [-0.39, 0.29) is 18.0 Å². The Kier molecular flexibility index (Phi) is 4.22. The van der Waals surface area contributed by atoms with Gasteiger partial charge in [0.15, 0.2) is 5.75 Å². The van der Waals surface area contributed by atoms with Gasteiger partial charge in [0, 0.05) is 13.1 Å². The predicted molar refractivity (Wildman–Crippen MR) is 89.6 cm³/mol. The van der Waals surface area contributed by atoms with Crippen molar-refractivity contribution in [1.82, 2.24) is 4.57 Å². The topological polar surface area (TPSA) is 83.6 Å². The number of fused-ring (bicyclic) bond motifs is 1. The van der Waals surface area contributed by atoms with Crippen molar-refractivity contribution < 1.29 is 19.2 Å². The number of aromatic nitrogens is 1. The predicted octanol–water partition coefficient (Wildman–Crippen LogP) is 3.51. The van der Waals surface area contributed by atoms with E-state index in [1.165, 1.54) is 19.2 Å². The molecule has 24 heavy (non-hydrogen) atoms. The molecular weight excluding hydrogens is 332 g/mol. The van der Waals surface area contributed by atoms with Crippen molar-refractivity contribution in [3.8, 4) is 5.75 Å². The van der Waals surface area contributed by atoms with Crippen molar-refractivity contribution in [2.75, 3.05) is 7.11 Å². The van der Waals surface area contributed by atoms with E-state index in [1.54, 1.807) is 35.1 Å². The number of carbonyl (C=O) groups is 1. The van der Waals surface area contributed by atoms with Crippen LogP contribution >= 0.6 is 11.3 Å². The van der Waals surface area contributed by atoms with Gasteiger partial charge in [-0.1, -0.05) is 6.07 Å². The third-order valence-corrected chi connectivity index (χ3v) is 4.54. The third kappa shape index (κ3) is 2.83. The number of methoxy groups -OCH3 is 1. The van der Waals surface area contributed by atoms with Gasteiger partial charge in [-0.15, -0.1) is 11.3 Å². The first-order valence-corrected chi connectivity index (χ1v) is 7.90. The maximum absolute atomic E-state index is 12.3. The Morgan fingerprint density at radius 2 is 2.12 bits per heavy atom. The zero-order valence-corrected chi connectivity index (χ0v) is 13.8. The smallest absolute Gasteiger partial charge is 0.355 e. The summed E-state index contributed by atoms with van der Waals surface area (Å²) in [6.07, 6.45) is 0. The van der Waals surface area contributed by atoms with E-state index in [1.807, 2.05) is 11.4 Å². The standard InChI is InChI=1S/C16H14N2O5S/c1-17-11-5-6-24-15(11)8-13(17)16(19)23-9-10-3-4-14(22-2)12(7-10)18(20)21/h3-8H,9H2,1-2H3. The number of aryl methyl sites for hydroxylation is 1. The Morgan fingerprint density at radius 1 is 1.33 bits per heavy atom. The first-order chi connectivity index (χ1) is 11.5. The van der Waals surface area contributed by atoms with E-state index in [2.05, 4.69) is 0 Å². The van der Waals surface area contributed by atoms with Crippen LogP contribution in [0.25, 0.3) is 10.2 Å². The maximum atomic E-state index is 12.3. The lowest BCUT2D eigenvalue weighted by Crippen LogP contribution is -2.10. The summed E-state index contributed by atoms with van der Waals surface area (Å²) in [5, 5.41) is 13.0. The van der Waals surface area contributed by atoms with Crippen molar-refractivity contribution in [2.45, 2.75) is 6.61 Å². The minimum absolute atomic E-state index is 0.0531. The highest BCUT2D eigenvalue weighted by molar-refractivity contribution is 7.17. The quantitative estimate of drug-likeness (QED) is 0.401. The van der Waals surface area contributed by atoms with Gasteiger partial charge in [-0.3, -0.25) is 10.1 Å². The number of ether oxygens (including phenoxy) is 2. The summed E-state index contributed by atoms with van der Waals surface area (Å²) in [4.78, 5) is 22.7. The monoisotopic (exact) mass is 346 g/mol. The Hall–Kier alpha value is -2.87. The molecule has 0 saturated heterocycles. The molecule has 0 radical (unpaired) electrons. The molecule has 0 bridgehead atoms. The van der Waals surface area contributed by atoms with E-state index < -0.39 is 10.9 Å². The fourth-order valence-electron chi connectivity index (χ4n) is 2.44. The molecule has 0 aliphatic heterocycles. The minimum atomic E-state index is -0.532. The van der Waals surface area contributed by atoms with Crippen LogP contribution < -0.4 is 4.74 Å². The summed E-state index contributed by atoms with van der Waals surface area (Å²) in [6, 6.07) is 8.17. The number of benzene rings is 1. The Bertz CT molecular complexity index is 928. The number of nitro groups is 1. The molecule has 3 rings (SSSR count). The van der Waals surface area contributed by atoms with Gasteiger partial charge in [0.05, 0.1) is 22.2 Å². The molecule has 0 aliphatic carbocycles. The van der Waals surface area contributed by atoms with Crippen molar-refractivity contribution in [3.63, 3.8) is 0 Å². The number of hydrogen-bond donors (Lipinski definition) is 0. The molecule has 7 nitrogen and oxygen atoms in total. The number of carbonyl (C=O) groups excluding carboxylic acids is 1. The van der Waals surface area contributed by atoms with E-state index in [9.17, 15) is 14.9 Å². The molecule has 2 heterocycles. The molecule has 0 unspecified atom stereocenters. The number of hydrogen-bond acceptors (Lipinski definition) is 6. The summed E-state index contributed by atoms with van der Waals surface area (Å²) in [6.45, 7) is -0.0531. The summed E-state index contributed by atoms with van der Waals surface area (Å²) < 4.78 is 13.0. The summed E-state index contributed by atoms with van der Waals surface area (Å²) in [7, 11) is 3.16. The van der Waals surface area contributed by atoms with Gasteiger partial charge in [0.1, 0.15) is 12.3 Å². The molecule has 0 aliphatic rings. The molecule has 0 atom stereocenters. The Labute approximate surface area is 141 Å². The molecule has 0 amide bonds. The van der Waals surface area contributed by atoms with Gasteiger partial charge in [-0.05, 0) is 29.1 Å². The van der Waals surface area contributed by atoms with Crippen LogP contribution in [-0.2, 0) is 18.4 Å². The lowest BCUT2D eigenvalue weighted by molar-refractivity contribution is -0.385. The average Bonchev–Trinajstić information content (AvgIpc) is 3.15. The van der Waals surface area contributed by atoms with E-state index in [4.69, 9.17) is 9.47 Å². The minimum Gasteiger partial charge on any atom is -0.490 e. The van der Waals surface area contributed by atoms with Crippen LogP contribution in [0.5, 0.6) is 5.75 Å². The van der Waals surface area contributed by atoms with Crippen LogP contribution in [-0.4, -0.2) is 22.6 Å². The van der Waals surface area contributed by atoms with Gasteiger partial charge in [-0.25, -0.2) is 4.79 Å². The summed E-state index contributed by atoms with van der Waals surface area (Å²) in [5.74, 6) is -0.308. The highest BCUT2D eigenvalue weighted by Gasteiger charge is 2.18. The van der Waals surface area contributed by atoms with Crippen molar-refractivity contribution >= 4 is 33.2 Å². The van der Waals surface area contributed by atoms with Gasteiger partial charge >= 0.3 is 11.7 Å². The third-order valence-electron chi connectivity index (χ3n) is 3.68. The van der Waals surface area contributed by atoms with Gasteiger partial charge in [-0.2, -0.15) is 0 Å². The second kappa shape index (κ2) is 6.32. The number of thiophene rings is 1. The first kappa shape index (κ1) is 16.0. The Balaban J connectivity index is 1.76. The zero-order valence-electron chi connectivity index (χ0n) is 13.0. The van der Waals surface area contributed by atoms with Crippen molar-refractivity contribution in [1.29, 1.82) is 0 Å². The molecule has 0 fully saturated rings. The summed E-state index contributed by atoms with van der Waals surface area (Å²) >= 11 is 1.55. The van der Waals surface area contributed by atoms with Crippen LogP contribution in [0.3, 0.4) is 0 Å². The first-order valence-electron chi connectivity index (χ1n) is 7.02. The molecule has 0 saturated carbocycles. The Morgan fingerprint density at radius 3 is 2.79 bits per heavy atom. The van der Waals surface area contributed by atoms with E-state index in [0.717, 1.165) is 10.2 Å². The van der Waals surface area contributed by atoms with Gasteiger partial charge in [0.2, 0.25) is 0 Å². The SMILES string of the molecule is COc1ccc(COC(=O)c2cc3sccc3n2C)cc1[N+](=O)[O-]. The second-order valence-electron chi connectivity index (χ2n) is 5.10. The van der Waals surface area contributed by atoms with Crippen LogP contribution in [0, 0.1) is 10.1 Å². The molecule has 8 heteroatoms. The van der Waals surface area contributed by atoms with E-state index in [0.29, 0.717) is 11.3 Å². The van der Waals surface area contributed by atoms with Gasteiger partial charge in [0.25, 0.3) is 0 Å². The van der Waals surface area contributed by atoms with Crippen LogP contribution in [0.1, 0.15) is 16.1 Å². The maximum Gasteiger partial charge on any atom is 0.355 e. The van der Waals surface area contributed by atoms with Crippen molar-refractivity contribution in [3.05, 3.63) is 57.1 Å². The number of nitro benzene ring substituents is 1. The summed E-state index contributed by atoms with van der Waals surface area (Å²) in [5.41, 5.74) is 1.77. The van der Waals surface area contributed by atoms with Crippen LogP contribution in [0.15, 0.2) is 35.7 Å². The lowest BCUT2D eigenvalue weighted by atomic mass is 10.2. The number of rotatable bonds is 5.